The van der Waals surface area contributed by atoms with Gasteiger partial charge in [0.25, 0.3) is 0 Å². The molecule has 0 fully saturated rings. The number of halogens is 2. The molecule has 2 aromatic carbocycles. The molecule has 0 aliphatic rings. The van der Waals surface area contributed by atoms with E-state index in [0.717, 1.165) is 0 Å². The molecule has 0 saturated carbocycles. The minimum atomic E-state index is -0.375. The second kappa shape index (κ2) is 6.28. The zero-order valence-electron chi connectivity index (χ0n) is 11.0. The van der Waals surface area contributed by atoms with Gasteiger partial charge in [0.15, 0.2) is 5.78 Å². The van der Waals surface area contributed by atoms with E-state index in [0.29, 0.717) is 16.9 Å². The van der Waals surface area contributed by atoms with Crippen LogP contribution in [0, 0.1) is 18.6 Å². The van der Waals surface area contributed by atoms with Crippen LogP contribution in [0.2, 0.25) is 0 Å². The zero-order valence-corrected chi connectivity index (χ0v) is 11.0. The summed E-state index contributed by atoms with van der Waals surface area (Å²) in [5.74, 6) is -0.265. The highest BCUT2D eigenvalue weighted by molar-refractivity contribution is 5.96. The van der Waals surface area contributed by atoms with Crippen molar-refractivity contribution in [2.75, 3.05) is 6.61 Å². The third kappa shape index (κ3) is 3.63. The Hall–Kier alpha value is -2.23. The van der Waals surface area contributed by atoms with Crippen LogP contribution in [0.3, 0.4) is 0 Å². The second-order valence-electron chi connectivity index (χ2n) is 4.44. The predicted molar refractivity (Wildman–Crippen MR) is 72.0 cm³/mol. The van der Waals surface area contributed by atoms with Gasteiger partial charge in [0.1, 0.15) is 17.4 Å². The van der Waals surface area contributed by atoms with E-state index in [9.17, 15) is 13.6 Å². The van der Waals surface area contributed by atoms with Gasteiger partial charge in [-0.2, -0.15) is 0 Å². The molecule has 2 aromatic rings. The lowest BCUT2D eigenvalue weighted by Gasteiger charge is -2.07. The van der Waals surface area contributed by atoms with E-state index >= 15 is 0 Å². The van der Waals surface area contributed by atoms with E-state index in [1.54, 1.807) is 13.0 Å². The maximum Gasteiger partial charge on any atom is 0.166 e. The summed E-state index contributed by atoms with van der Waals surface area (Å²) in [5, 5.41) is 0. The smallest absolute Gasteiger partial charge is 0.166 e. The van der Waals surface area contributed by atoms with Crippen LogP contribution in [0.4, 0.5) is 8.78 Å². The molecule has 20 heavy (non-hydrogen) atoms. The van der Waals surface area contributed by atoms with Gasteiger partial charge in [-0.05, 0) is 55.0 Å². The summed E-state index contributed by atoms with van der Waals surface area (Å²) in [6, 6.07) is 9.81. The van der Waals surface area contributed by atoms with Gasteiger partial charge in [-0.25, -0.2) is 8.78 Å². The molecule has 0 heterocycles. The third-order valence-corrected chi connectivity index (χ3v) is 2.89. The van der Waals surface area contributed by atoms with E-state index in [1.807, 2.05) is 0 Å². The molecule has 2 rings (SSSR count). The number of rotatable bonds is 5. The Bertz CT molecular complexity index is 606. The molecule has 0 aromatic heterocycles. The number of Topliss-reactive ketones (excluding diaryl/α,β-unsaturated/α-hetero) is 1. The Labute approximate surface area is 116 Å². The summed E-state index contributed by atoms with van der Waals surface area (Å²) in [4.78, 5) is 11.8. The molecule has 0 amide bonds. The lowest BCUT2D eigenvalue weighted by atomic mass is 10.1. The van der Waals surface area contributed by atoms with Crippen molar-refractivity contribution < 1.29 is 18.3 Å². The topological polar surface area (TPSA) is 26.3 Å². The highest BCUT2D eigenvalue weighted by Gasteiger charge is 2.06. The first-order chi connectivity index (χ1) is 9.56. The Kier molecular flexibility index (Phi) is 4.45. The Morgan fingerprint density at radius 3 is 2.45 bits per heavy atom. The summed E-state index contributed by atoms with van der Waals surface area (Å²) in [7, 11) is 0. The van der Waals surface area contributed by atoms with Crippen molar-refractivity contribution in [1.82, 2.24) is 0 Å². The van der Waals surface area contributed by atoms with Gasteiger partial charge in [0.05, 0.1) is 6.61 Å². The van der Waals surface area contributed by atoms with E-state index < -0.39 is 0 Å². The molecule has 104 valence electrons. The van der Waals surface area contributed by atoms with Crippen LogP contribution in [0.25, 0.3) is 0 Å². The molecule has 0 radical (unpaired) electrons. The Morgan fingerprint density at radius 1 is 1.10 bits per heavy atom. The van der Waals surface area contributed by atoms with Crippen molar-refractivity contribution in [1.29, 1.82) is 0 Å². The van der Waals surface area contributed by atoms with Gasteiger partial charge in [-0.1, -0.05) is 0 Å². The molecule has 0 unspecified atom stereocenters. The fraction of sp³-hybridized carbons (Fsp3) is 0.188. The average molecular weight is 276 g/mol. The van der Waals surface area contributed by atoms with Crippen LogP contribution in [0.5, 0.6) is 5.75 Å². The maximum atomic E-state index is 13.1. The minimum absolute atomic E-state index is 0.121. The molecule has 4 heteroatoms. The van der Waals surface area contributed by atoms with E-state index in [1.165, 1.54) is 36.4 Å². The first kappa shape index (κ1) is 14.2. The molecular formula is C16H14F2O2. The molecule has 0 aliphatic heterocycles. The quantitative estimate of drug-likeness (QED) is 0.773. The molecule has 0 bridgehead atoms. The number of aryl methyl sites for hydroxylation is 1. The minimum Gasteiger partial charge on any atom is -0.493 e. The van der Waals surface area contributed by atoms with Crippen molar-refractivity contribution in [2.24, 2.45) is 0 Å². The summed E-state index contributed by atoms with van der Waals surface area (Å²) >= 11 is 0. The predicted octanol–water partition coefficient (Wildman–Crippen LogP) is 3.93. The zero-order chi connectivity index (χ0) is 14.5. The number of benzene rings is 2. The number of ketones is 1. The van der Waals surface area contributed by atoms with Gasteiger partial charge >= 0.3 is 0 Å². The number of carbonyl (C=O) groups excluding carboxylic acids is 1. The van der Waals surface area contributed by atoms with E-state index in [-0.39, 0.29) is 30.4 Å². The number of carbonyl (C=O) groups is 1. The summed E-state index contributed by atoms with van der Waals surface area (Å²) in [5.41, 5.74) is 0.942. The average Bonchev–Trinajstić information content (AvgIpc) is 2.43. The monoisotopic (exact) mass is 276 g/mol. The van der Waals surface area contributed by atoms with Gasteiger partial charge in [-0.3, -0.25) is 4.79 Å². The van der Waals surface area contributed by atoms with E-state index in [2.05, 4.69) is 0 Å². The van der Waals surface area contributed by atoms with Crippen molar-refractivity contribution in [3.05, 3.63) is 65.2 Å². The van der Waals surface area contributed by atoms with Gasteiger partial charge in [-0.15, -0.1) is 0 Å². The van der Waals surface area contributed by atoms with Crippen molar-refractivity contribution in [2.45, 2.75) is 13.3 Å². The van der Waals surface area contributed by atoms with Crippen molar-refractivity contribution in [3.63, 3.8) is 0 Å². The van der Waals surface area contributed by atoms with E-state index in [4.69, 9.17) is 4.74 Å². The normalized spacial score (nSPS) is 10.3. The van der Waals surface area contributed by atoms with Crippen LogP contribution in [-0.2, 0) is 0 Å². The molecule has 0 aliphatic carbocycles. The molecule has 0 atom stereocenters. The molecule has 0 N–H and O–H groups in total. The molecular weight excluding hydrogens is 262 g/mol. The molecule has 2 nitrogen and oxygen atoms in total. The SMILES string of the molecule is Cc1cc(OCCC(=O)c2ccc(F)cc2)ccc1F. The molecule has 0 saturated heterocycles. The first-order valence-electron chi connectivity index (χ1n) is 6.24. The summed E-state index contributed by atoms with van der Waals surface area (Å²) in [6.45, 7) is 1.84. The van der Waals surface area contributed by atoms with Crippen LogP contribution in [-0.4, -0.2) is 12.4 Å². The van der Waals surface area contributed by atoms with Crippen molar-refractivity contribution in [3.8, 4) is 5.75 Å². The lowest BCUT2D eigenvalue weighted by molar-refractivity contribution is 0.0962. The van der Waals surface area contributed by atoms with Gasteiger partial charge < -0.3 is 4.74 Å². The van der Waals surface area contributed by atoms with Gasteiger partial charge in [0.2, 0.25) is 0 Å². The fourth-order valence-electron chi connectivity index (χ4n) is 1.75. The van der Waals surface area contributed by atoms with Crippen LogP contribution >= 0.6 is 0 Å². The first-order valence-corrected chi connectivity index (χ1v) is 6.24. The summed E-state index contributed by atoms with van der Waals surface area (Å²) in [6.07, 6.45) is 0.183. The molecule has 0 spiro atoms. The van der Waals surface area contributed by atoms with Crippen LogP contribution in [0.1, 0.15) is 22.3 Å². The number of hydrogen-bond donors (Lipinski definition) is 0. The lowest BCUT2D eigenvalue weighted by Crippen LogP contribution is -2.07. The standard InChI is InChI=1S/C16H14F2O2/c1-11-10-14(6-7-15(11)18)20-9-8-16(19)12-2-4-13(17)5-3-12/h2-7,10H,8-9H2,1H3. The largest absolute Gasteiger partial charge is 0.493 e. The number of ether oxygens (including phenoxy) is 1. The summed E-state index contributed by atoms with van der Waals surface area (Å²) < 4.78 is 31.2. The third-order valence-electron chi connectivity index (χ3n) is 2.89. The van der Waals surface area contributed by atoms with Gasteiger partial charge in [0, 0.05) is 12.0 Å². The van der Waals surface area contributed by atoms with Crippen molar-refractivity contribution >= 4 is 5.78 Å². The maximum absolute atomic E-state index is 13.1. The highest BCUT2D eigenvalue weighted by atomic mass is 19.1. The highest BCUT2D eigenvalue weighted by Crippen LogP contribution is 2.16. The Morgan fingerprint density at radius 2 is 1.80 bits per heavy atom. The fourth-order valence-corrected chi connectivity index (χ4v) is 1.75. The van der Waals surface area contributed by atoms with Crippen LogP contribution in [0.15, 0.2) is 42.5 Å². The Balaban J connectivity index is 1.87. The van der Waals surface area contributed by atoms with Crippen LogP contribution < -0.4 is 4.74 Å². The number of hydrogen-bond acceptors (Lipinski definition) is 2. The second-order valence-corrected chi connectivity index (χ2v) is 4.44.